The molecule has 0 saturated carbocycles. The molecule has 98 valence electrons. The van der Waals surface area contributed by atoms with Crippen LogP contribution in [0.25, 0.3) is 0 Å². The Hall–Kier alpha value is -1.13. The van der Waals surface area contributed by atoms with Crippen molar-refractivity contribution in [2.75, 3.05) is 13.2 Å². The van der Waals surface area contributed by atoms with Crippen molar-refractivity contribution in [3.05, 3.63) is 29.8 Å². The third-order valence-corrected chi connectivity index (χ3v) is 3.18. The lowest BCUT2D eigenvalue weighted by Crippen LogP contribution is -2.11. The van der Waals surface area contributed by atoms with E-state index in [1.807, 2.05) is 24.3 Å². The van der Waals surface area contributed by atoms with Crippen molar-refractivity contribution < 1.29 is 9.47 Å². The number of benzene rings is 1. The Labute approximate surface area is 113 Å². The SMILES string of the molecule is NC(=S)Cc1ccc(OCCC2CCCO2)cc1. The molecule has 0 bridgehead atoms. The van der Waals surface area contributed by atoms with Crippen molar-refractivity contribution in [1.29, 1.82) is 0 Å². The van der Waals surface area contributed by atoms with Gasteiger partial charge in [0.2, 0.25) is 0 Å². The molecule has 2 rings (SSSR count). The van der Waals surface area contributed by atoms with Crippen LogP contribution in [-0.4, -0.2) is 24.3 Å². The highest BCUT2D eigenvalue weighted by atomic mass is 32.1. The maximum Gasteiger partial charge on any atom is 0.119 e. The van der Waals surface area contributed by atoms with Gasteiger partial charge in [-0.15, -0.1) is 0 Å². The van der Waals surface area contributed by atoms with Gasteiger partial charge < -0.3 is 15.2 Å². The van der Waals surface area contributed by atoms with Gasteiger partial charge in [0, 0.05) is 19.4 Å². The second-order valence-corrected chi connectivity index (χ2v) is 5.08. The highest BCUT2D eigenvalue weighted by Gasteiger charge is 2.14. The highest BCUT2D eigenvalue weighted by molar-refractivity contribution is 7.80. The zero-order valence-electron chi connectivity index (χ0n) is 10.4. The summed E-state index contributed by atoms with van der Waals surface area (Å²) in [4.78, 5) is 0.516. The number of hydrogen-bond donors (Lipinski definition) is 1. The van der Waals surface area contributed by atoms with E-state index in [0.717, 1.165) is 30.8 Å². The predicted molar refractivity (Wildman–Crippen MR) is 76.0 cm³/mol. The smallest absolute Gasteiger partial charge is 0.119 e. The fraction of sp³-hybridized carbons (Fsp3) is 0.500. The molecule has 1 aliphatic rings. The standard InChI is InChI=1S/C14H19NO2S/c15-14(18)10-11-3-5-13(6-4-11)17-9-7-12-2-1-8-16-12/h3-6,12H,1-2,7-10H2,(H2,15,18). The first-order chi connectivity index (χ1) is 8.74. The highest BCUT2D eigenvalue weighted by Crippen LogP contribution is 2.17. The van der Waals surface area contributed by atoms with Crippen LogP contribution in [0.1, 0.15) is 24.8 Å². The average Bonchev–Trinajstić information content (AvgIpc) is 2.84. The van der Waals surface area contributed by atoms with E-state index in [4.69, 9.17) is 27.4 Å². The first-order valence-corrected chi connectivity index (χ1v) is 6.76. The van der Waals surface area contributed by atoms with Crippen LogP contribution in [0, 0.1) is 0 Å². The van der Waals surface area contributed by atoms with Crippen LogP contribution >= 0.6 is 12.2 Å². The van der Waals surface area contributed by atoms with Crippen LogP contribution < -0.4 is 10.5 Å². The average molecular weight is 265 g/mol. The third-order valence-electron chi connectivity index (χ3n) is 3.03. The molecule has 1 unspecified atom stereocenters. The molecule has 2 N–H and O–H groups in total. The van der Waals surface area contributed by atoms with Crippen molar-refractivity contribution in [2.24, 2.45) is 5.73 Å². The molecule has 0 aromatic heterocycles. The monoisotopic (exact) mass is 265 g/mol. The van der Waals surface area contributed by atoms with Gasteiger partial charge in [0.15, 0.2) is 0 Å². The van der Waals surface area contributed by atoms with Gasteiger partial charge in [0.25, 0.3) is 0 Å². The van der Waals surface area contributed by atoms with Crippen LogP contribution in [0.3, 0.4) is 0 Å². The molecule has 0 amide bonds. The van der Waals surface area contributed by atoms with E-state index < -0.39 is 0 Å². The minimum absolute atomic E-state index is 0.388. The molecule has 1 aromatic carbocycles. The Morgan fingerprint density at radius 3 is 2.78 bits per heavy atom. The molecule has 1 fully saturated rings. The zero-order valence-corrected chi connectivity index (χ0v) is 11.2. The lowest BCUT2D eigenvalue weighted by atomic mass is 10.1. The van der Waals surface area contributed by atoms with E-state index in [1.165, 1.54) is 6.42 Å². The summed E-state index contributed by atoms with van der Waals surface area (Å²) in [7, 11) is 0. The topological polar surface area (TPSA) is 44.5 Å². The lowest BCUT2D eigenvalue weighted by Gasteiger charge is -2.11. The first kappa shape index (κ1) is 13.3. The molecular weight excluding hydrogens is 246 g/mol. The van der Waals surface area contributed by atoms with Gasteiger partial charge in [-0.25, -0.2) is 0 Å². The minimum Gasteiger partial charge on any atom is -0.493 e. The quantitative estimate of drug-likeness (QED) is 0.803. The molecule has 0 radical (unpaired) electrons. The summed E-state index contributed by atoms with van der Waals surface area (Å²) in [5.74, 6) is 0.889. The fourth-order valence-corrected chi connectivity index (χ4v) is 2.25. The van der Waals surface area contributed by atoms with Crippen molar-refractivity contribution in [2.45, 2.75) is 31.8 Å². The molecular formula is C14H19NO2S. The van der Waals surface area contributed by atoms with Gasteiger partial charge in [-0.2, -0.15) is 0 Å². The lowest BCUT2D eigenvalue weighted by molar-refractivity contribution is 0.0903. The molecule has 1 aliphatic heterocycles. The molecule has 1 saturated heterocycles. The summed E-state index contributed by atoms with van der Waals surface area (Å²) in [6.07, 6.45) is 4.34. The largest absolute Gasteiger partial charge is 0.493 e. The summed E-state index contributed by atoms with van der Waals surface area (Å²) >= 11 is 4.87. The Morgan fingerprint density at radius 2 is 2.17 bits per heavy atom. The second-order valence-electron chi connectivity index (χ2n) is 4.56. The van der Waals surface area contributed by atoms with Gasteiger partial charge in [0.1, 0.15) is 5.75 Å². The summed E-state index contributed by atoms with van der Waals surface area (Å²) in [6, 6.07) is 7.92. The molecule has 0 spiro atoms. The Bertz CT molecular complexity index is 385. The van der Waals surface area contributed by atoms with Crippen LogP contribution in [0.4, 0.5) is 0 Å². The zero-order chi connectivity index (χ0) is 12.8. The van der Waals surface area contributed by atoms with E-state index in [-0.39, 0.29) is 0 Å². The Balaban J connectivity index is 1.73. The molecule has 1 aromatic rings. The van der Waals surface area contributed by atoms with Crippen LogP contribution in [0.2, 0.25) is 0 Å². The second kappa shape index (κ2) is 6.71. The van der Waals surface area contributed by atoms with E-state index in [9.17, 15) is 0 Å². The van der Waals surface area contributed by atoms with Crippen LogP contribution in [-0.2, 0) is 11.2 Å². The summed E-state index contributed by atoms with van der Waals surface area (Å²) in [5, 5.41) is 0. The van der Waals surface area contributed by atoms with Gasteiger partial charge in [-0.1, -0.05) is 24.4 Å². The van der Waals surface area contributed by atoms with Crippen molar-refractivity contribution in [1.82, 2.24) is 0 Å². The van der Waals surface area contributed by atoms with Crippen LogP contribution in [0.15, 0.2) is 24.3 Å². The maximum absolute atomic E-state index is 5.68. The van der Waals surface area contributed by atoms with E-state index >= 15 is 0 Å². The van der Waals surface area contributed by atoms with Crippen LogP contribution in [0.5, 0.6) is 5.75 Å². The van der Waals surface area contributed by atoms with Crippen molar-refractivity contribution in [3.63, 3.8) is 0 Å². The first-order valence-electron chi connectivity index (χ1n) is 6.35. The van der Waals surface area contributed by atoms with Crippen molar-refractivity contribution >= 4 is 17.2 Å². The van der Waals surface area contributed by atoms with Gasteiger partial charge >= 0.3 is 0 Å². The third kappa shape index (κ3) is 4.27. The Morgan fingerprint density at radius 1 is 1.39 bits per heavy atom. The van der Waals surface area contributed by atoms with E-state index in [1.54, 1.807) is 0 Å². The molecule has 4 heteroatoms. The molecule has 0 aliphatic carbocycles. The molecule has 1 heterocycles. The number of rotatable bonds is 6. The van der Waals surface area contributed by atoms with Crippen molar-refractivity contribution in [3.8, 4) is 5.75 Å². The van der Waals surface area contributed by atoms with E-state index in [2.05, 4.69) is 0 Å². The molecule has 3 nitrogen and oxygen atoms in total. The van der Waals surface area contributed by atoms with Gasteiger partial charge in [-0.05, 0) is 30.5 Å². The van der Waals surface area contributed by atoms with Gasteiger partial charge in [-0.3, -0.25) is 0 Å². The number of hydrogen-bond acceptors (Lipinski definition) is 3. The van der Waals surface area contributed by atoms with E-state index in [0.29, 0.717) is 24.1 Å². The minimum atomic E-state index is 0.388. The summed E-state index contributed by atoms with van der Waals surface area (Å²) in [6.45, 7) is 1.61. The van der Waals surface area contributed by atoms with Gasteiger partial charge in [0.05, 0.1) is 17.7 Å². The number of nitrogens with two attached hydrogens (primary N) is 1. The summed E-state index contributed by atoms with van der Waals surface area (Å²) < 4.78 is 11.2. The summed E-state index contributed by atoms with van der Waals surface area (Å²) in [5.41, 5.74) is 6.62. The molecule has 1 atom stereocenters. The number of ether oxygens (including phenoxy) is 2. The fourth-order valence-electron chi connectivity index (χ4n) is 2.08. The predicted octanol–water partition coefficient (Wildman–Crippen LogP) is 2.46. The molecule has 18 heavy (non-hydrogen) atoms. The normalized spacial score (nSPS) is 18.8. The number of thiocarbonyl (C=S) groups is 1. The maximum atomic E-state index is 5.68. The Kier molecular flexibility index (Phi) is 4.96.